The molecule has 0 heterocycles. The number of hydrogen-bond donors (Lipinski definition) is 0. The predicted molar refractivity (Wildman–Crippen MR) is 60.2 cm³/mol. The highest BCUT2D eigenvalue weighted by Gasteiger charge is 1.85. The molecule has 0 fully saturated rings. The predicted octanol–water partition coefficient (Wildman–Crippen LogP) is 4.79. The van der Waals surface area contributed by atoms with Gasteiger partial charge in [-0.15, -0.1) is 0 Å². The van der Waals surface area contributed by atoms with E-state index in [0.717, 1.165) is 5.57 Å². The summed E-state index contributed by atoms with van der Waals surface area (Å²) in [6, 6.07) is 0. The quantitative estimate of drug-likeness (QED) is 0.579. The third-order valence-electron chi connectivity index (χ3n) is 0.642. The van der Waals surface area contributed by atoms with E-state index in [1.165, 1.54) is 0 Å². The van der Waals surface area contributed by atoms with Gasteiger partial charge in [-0.25, -0.2) is 0 Å². The van der Waals surface area contributed by atoms with Crippen molar-refractivity contribution in [1.82, 2.24) is 0 Å². The zero-order valence-electron chi connectivity index (χ0n) is 8.86. The first-order valence-electron chi connectivity index (χ1n) is 4.35. The fourth-order valence-corrected chi connectivity index (χ4v) is 0.590. The summed E-state index contributed by atoms with van der Waals surface area (Å²) in [5.41, 5.74) is 0.819. The average Bonchev–Trinajstić information content (AvgIpc) is 2.12. The Morgan fingerprint density at radius 3 is 2.00 bits per heavy atom. The molecule has 0 amide bonds. The molecule has 0 unspecified atom stereocenters. The van der Waals surface area contributed by atoms with E-state index in [-0.39, 0.29) is 0 Å². The van der Waals surface area contributed by atoms with Crippen molar-refractivity contribution in [3.8, 4) is 0 Å². The molecule has 0 aliphatic heterocycles. The van der Waals surface area contributed by atoms with Crippen LogP contribution in [0.15, 0.2) is 24.3 Å². The van der Waals surface area contributed by atoms with E-state index in [1.807, 2.05) is 40.7 Å². The van der Waals surface area contributed by atoms with E-state index in [0.29, 0.717) is 17.9 Å². The lowest BCUT2D eigenvalue weighted by molar-refractivity contribution is 0.938. The minimum absolute atomic E-state index is 0.299. The van der Waals surface area contributed by atoms with Crippen LogP contribution in [0.3, 0.4) is 0 Å². The first kappa shape index (κ1) is 17.7. The van der Waals surface area contributed by atoms with E-state index in [2.05, 4.69) is 6.58 Å². The molecule has 0 aromatic carbocycles. The summed E-state index contributed by atoms with van der Waals surface area (Å²) in [4.78, 5) is 0. The van der Waals surface area contributed by atoms with Gasteiger partial charge in [0.25, 0.3) is 0 Å². The second kappa shape index (κ2) is 22.4. The summed E-state index contributed by atoms with van der Waals surface area (Å²) >= 11 is 0.299. The standard InChI is InChI=1S/C6H9FS.2C2H6/c1-3-4-6(2)5-8-7;2*1-2/h3-4H,2,5H2,1H3;2*1-2H3/b4-3-;;. The Bertz CT molecular complexity index is 98.0. The van der Waals surface area contributed by atoms with Gasteiger partial charge in [-0.05, 0) is 12.5 Å². The molecule has 0 nitrogen and oxygen atoms in total. The van der Waals surface area contributed by atoms with Gasteiger partial charge >= 0.3 is 0 Å². The van der Waals surface area contributed by atoms with Gasteiger partial charge in [0.15, 0.2) is 0 Å². The molecule has 0 N–H and O–H groups in total. The van der Waals surface area contributed by atoms with Gasteiger partial charge in [-0.2, -0.15) is 3.89 Å². The average molecular weight is 192 g/mol. The largest absolute Gasteiger partial charge is 0.165 e. The van der Waals surface area contributed by atoms with Gasteiger partial charge in [-0.3, -0.25) is 0 Å². The summed E-state index contributed by atoms with van der Waals surface area (Å²) < 4.78 is 11.4. The summed E-state index contributed by atoms with van der Waals surface area (Å²) in [6.45, 7) is 13.5. The molecular formula is C10H21FS. The molecule has 2 heteroatoms. The minimum Gasteiger partial charge on any atom is -0.165 e. The van der Waals surface area contributed by atoms with Gasteiger partial charge < -0.3 is 0 Å². The van der Waals surface area contributed by atoms with Crippen LogP contribution in [-0.2, 0) is 0 Å². The van der Waals surface area contributed by atoms with Crippen LogP contribution in [0.2, 0.25) is 0 Å². The topological polar surface area (TPSA) is 0 Å². The van der Waals surface area contributed by atoms with Crippen molar-refractivity contribution in [2.24, 2.45) is 0 Å². The van der Waals surface area contributed by atoms with E-state index >= 15 is 0 Å². The third kappa shape index (κ3) is 22.6. The van der Waals surface area contributed by atoms with Crippen LogP contribution in [0.4, 0.5) is 3.89 Å². The first-order valence-corrected chi connectivity index (χ1v) is 5.24. The number of allylic oxidation sites excluding steroid dienone is 2. The van der Waals surface area contributed by atoms with Gasteiger partial charge in [0, 0.05) is 17.9 Å². The van der Waals surface area contributed by atoms with Crippen LogP contribution in [0, 0.1) is 0 Å². The van der Waals surface area contributed by atoms with Crippen molar-refractivity contribution < 1.29 is 3.89 Å². The maximum atomic E-state index is 11.4. The van der Waals surface area contributed by atoms with E-state index in [9.17, 15) is 3.89 Å². The fraction of sp³-hybridized carbons (Fsp3) is 0.600. The van der Waals surface area contributed by atoms with Gasteiger partial charge in [0.2, 0.25) is 0 Å². The molecule has 0 rings (SSSR count). The number of halogens is 1. The SMILES string of the molecule is C=C(/C=C\C)CSF.CC.CC. The molecule has 0 bridgehead atoms. The van der Waals surface area contributed by atoms with E-state index in [1.54, 1.807) is 6.08 Å². The molecule has 12 heavy (non-hydrogen) atoms. The van der Waals surface area contributed by atoms with Crippen molar-refractivity contribution in [3.05, 3.63) is 24.3 Å². The lowest BCUT2D eigenvalue weighted by atomic mass is 10.3. The van der Waals surface area contributed by atoms with Crippen molar-refractivity contribution >= 4 is 12.1 Å². The maximum absolute atomic E-state index is 11.4. The van der Waals surface area contributed by atoms with E-state index < -0.39 is 0 Å². The summed E-state index contributed by atoms with van der Waals surface area (Å²) in [6.07, 6.45) is 3.64. The third-order valence-corrected chi connectivity index (χ3v) is 1.12. The van der Waals surface area contributed by atoms with Crippen LogP contribution in [0.25, 0.3) is 0 Å². The Morgan fingerprint density at radius 2 is 1.75 bits per heavy atom. The molecule has 0 aromatic heterocycles. The zero-order chi connectivity index (χ0) is 10.4. The zero-order valence-corrected chi connectivity index (χ0v) is 9.67. The lowest BCUT2D eigenvalue weighted by Crippen LogP contribution is -1.74. The monoisotopic (exact) mass is 192 g/mol. The molecule has 0 saturated carbocycles. The Kier molecular flexibility index (Phi) is 33.2. The molecule has 0 aromatic rings. The van der Waals surface area contributed by atoms with Crippen molar-refractivity contribution in [2.45, 2.75) is 34.6 Å². The summed E-state index contributed by atoms with van der Waals surface area (Å²) in [5, 5.41) is 0. The highest BCUT2D eigenvalue weighted by Crippen LogP contribution is 2.06. The Hall–Kier alpha value is -0.240. The van der Waals surface area contributed by atoms with E-state index in [4.69, 9.17) is 0 Å². The maximum Gasteiger partial charge on any atom is 0.0495 e. The smallest absolute Gasteiger partial charge is 0.0495 e. The molecular weight excluding hydrogens is 171 g/mol. The molecule has 0 aliphatic rings. The summed E-state index contributed by atoms with van der Waals surface area (Å²) in [7, 11) is 0. The highest BCUT2D eigenvalue weighted by atomic mass is 32.2. The van der Waals surface area contributed by atoms with Gasteiger partial charge in [0.05, 0.1) is 0 Å². The molecule has 0 spiro atoms. The normalized spacial score (nSPS) is 7.83. The van der Waals surface area contributed by atoms with Crippen LogP contribution in [-0.4, -0.2) is 5.75 Å². The second-order valence-corrected chi connectivity index (χ2v) is 1.92. The molecule has 74 valence electrons. The van der Waals surface area contributed by atoms with Crippen molar-refractivity contribution in [2.75, 3.05) is 5.75 Å². The number of rotatable bonds is 3. The first-order chi connectivity index (χ1) is 5.81. The minimum atomic E-state index is 0.299. The Balaban J connectivity index is -0.000000175. The Morgan fingerprint density at radius 1 is 1.33 bits per heavy atom. The van der Waals surface area contributed by atoms with Crippen LogP contribution < -0.4 is 0 Å². The van der Waals surface area contributed by atoms with Crippen LogP contribution >= 0.6 is 12.1 Å². The van der Waals surface area contributed by atoms with Crippen molar-refractivity contribution in [3.63, 3.8) is 0 Å². The molecule has 0 radical (unpaired) electrons. The lowest BCUT2D eigenvalue weighted by Gasteiger charge is -1.88. The molecule has 0 aliphatic carbocycles. The Labute approximate surface area is 81.2 Å². The van der Waals surface area contributed by atoms with Gasteiger partial charge in [-0.1, -0.05) is 46.4 Å². The molecule has 0 atom stereocenters. The van der Waals surface area contributed by atoms with Crippen LogP contribution in [0.1, 0.15) is 34.6 Å². The molecule has 0 saturated heterocycles. The van der Waals surface area contributed by atoms with Crippen LogP contribution in [0.5, 0.6) is 0 Å². The highest BCUT2D eigenvalue weighted by molar-refractivity contribution is 7.94. The second-order valence-electron chi connectivity index (χ2n) is 1.41. The van der Waals surface area contributed by atoms with Crippen molar-refractivity contribution in [1.29, 1.82) is 0 Å². The number of hydrogen-bond acceptors (Lipinski definition) is 1. The van der Waals surface area contributed by atoms with Gasteiger partial charge in [0.1, 0.15) is 0 Å². The summed E-state index contributed by atoms with van der Waals surface area (Å²) in [5.74, 6) is 0.379. The fourth-order valence-electron chi connectivity index (χ4n) is 0.354.